The third-order valence-corrected chi connectivity index (χ3v) is 6.28. The quantitative estimate of drug-likeness (QED) is 0.814. The first-order chi connectivity index (χ1) is 9.75. The van der Waals surface area contributed by atoms with Gasteiger partial charge in [-0.15, -0.1) is 0 Å². The summed E-state index contributed by atoms with van der Waals surface area (Å²) in [7, 11) is 0.649. The monoisotopic (exact) mass is 319 g/mol. The molecule has 0 aromatic carbocycles. The van der Waals surface area contributed by atoms with E-state index in [9.17, 15) is 8.42 Å². The van der Waals surface area contributed by atoms with Crippen LogP contribution in [0.25, 0.3) is 0 Å². The highest BCUT2D eigenvalue weighted by molar-refractivity contribution is 7.87. The molecule has 0 aromatic heterocycles. The van der Waals surface area contributed by atoms with Crippen LogP contribution in [0.15, 0.2) is 0 Å². The minimum atomic E-state index is -3.43. The molecule has 1 N–H and O–H groups in total. The molecule has 2 aliphatic rings. The molecule has 2 rings (SSSR count). The number of nitrogens with one attached hydrogen (secondary N) is 1. The minimum Gasteiger partial charge on any atom is -0.373 e. The number of rotatable bonds is 5. The minimum absolute atomic E-state index is 0.0312. The van der Waals surface area contributed by atoms with Crippen LogP contribution in [0.1, 0.15) is 39.5 Å². The van der Waals surface area contributed by atoms with Gasteiger partial charge in [0.15, 0.2) is 0 Å². The Morgan fingerprint density at radius 3 is 2.19 bits per heavy atom. The molecule has 21 heavy (non-hydrogen) atoms. The summed E-state index contributed by atoms with van der Waals surface area (Å²) in [5, 5.41) is 0. The van der Waals surface area contributed by atoms with Gasteiger partial charge in [-0.05, 0) is 40.8 Å². The Bertz CT molecular complexity index is 436. The zero-order valence-corrected chi connectivity index (χ0v) is 14.4. The van der Waals surface area contributed by atoms with E-state index < -0.39 is 10.2 Å². The lowest BCUT2D eigenvalue weighted by molar-refractivity contribution is -0.0444. The molecule has 7 heteroatoms. The molecule has 1 saturated carbocycles. The summed E-state index contributed by atoms with van der Waals surface area (Å²) in [6, 6.07) is 0. The Morgan fingerprint density at radius 1 is 1.19 bits per heavy atom. The van der Waals surface area contributed by atoms with E-state index in [1.165, 1.54) is 17.1 Å². The maximum absolute atomic E-state index is 12.5. The van der Waals surface area contributed by atoms with Gasteiger partial charge in [-0.1, -0.05) is 12.8 Å². The number of ether oxygens (including phenoxy) is 1. The Hall–Kier alpha value is -0.210. The maximum Gasteiger partial charge on any atom is 0.279 e. The fourth-order valence-corrected chi connectivity index (χ4v) is 4.91. The average Bonchev–Trinajstić information content (AvgIpc) is 2.85. The molecule has 1 aliphatic heterocycles. The van der Waals surface area contributed by atoms with Gasteiger partial charge in [0.2, 0.25) is 0 Å². The highest BCUT2D eigenvalue weighted by Crippen LogP contribution is 2.33. The van der Waals surface area contributed by atoms with Crippen molar-refractivity contribution in [2.75, 3.05) is 33.7 Å². The van der Waals surface area contributed by atoms with E-state index in [2.05, 4.69) is 9.62 Å². The van der Waals surface area contributed by atoms with Gasteiger partial charge in [-0.2, -0.15) is 12.7 Å². The summed E-state index contributed by atoms with van der Waals surface area (Å²) in [6.07, 6.45) is 4.34. The first kappa shape index (κ1) is 17.1. The van der Waals surface area contributed by atoms with Crippen LogP contribution in [0.5, 0.6) is 0 Å². The first-order valence-corrected chi connectivity index (χ1v) is 9.27. The first-order valence-electron chi connectivity index (χ1n) is 7.83. The predicted molar refractivity (Wildman–Crippen MR) is 83.4 cm³/mol. The normalized spacial score (nSPS) is 30.9. The molecule has 1 aliphatic carbocycles. The van der Waals surface area contributed by atoms with Crippen molar-refractivity contribution < 1.29 is 13.2 Å². The number of hydrogen-bond donors (Lipinski definition) is 1. The summed E-state index contributed by atoms with van der Waals surface area (Å²) < 4.78 is 35.0. The van der Waals surface area contributed by atoms with E-state index in [1.807, 2.05) is 27.9 Å². The van der Waals surface area contributed by atoms with Gasteiger partial charge in [0.1, 0.15) is 0 Å². The molecule has 0 spiro atoms. The molecule has 1 heterocycles. The van der Waals surface area contributed by atoms with E-state index in [0.29, 0.717) is 19.6 Å². The Labute approximate surface area is 129 Å². The highest BCUT2D eigenvalue weighted by Gasteiger charge is 2.38. The topological polar surface area (TPSA) is 61.9 Å². The summed E-state index contributed by atoms with van der Waals surface area (Å²) in [6.45, 7) is 5.17. The van der Waals surface area contributed by atoms with Crippen LogP contribution in [-0.2, 0) is 14.9 Å². The van der Waals surface area contributed by atoms with Crippen LogP contribution in [0.4, 0.5) is 0 Å². The summed E-state index contributed by atoms with van der Waals surface area (Å²) in [4.78, 5) is 2.17. The van der Waals surface area contributed by atoms with Gasteiger partial charge >= 0.3 is 0 Å². The Morgan fingerprint density at radius 2 is 1.71 bits per heavy atom. The summed E-state index contributed by atoms with van der Waals surface area (Å²) in [5.74, 6) is 0. The molecule has 124 valence electrons. The maximum atomic E-state index is 12.5. The molecule has 0 bridgehead atoms. The second-order valence-electron chi connectivity index (χ2n) is 6.73. The van der Waals surface area contributed by atoms with Crippen molar-refractivity contribution in [2.24, 2.45) is 0 Å². The number of hydrogen-bond acceptors (Lipinski definition) is 4. The van der Waals surface area contributed by atoms with Crippen molar-refractivity contribution in [2.45, 2.75) is 57.3 Å². The third kappa shape index (κ3) is 3.96. The molecule has 0 amide bonds. The molecular weight excluding hydrogens is 290 g/mol. The SMILES string of the molecule is C[C@@H]1CN(S(=O)(=O)NCC2(N(C)C)CCCC2)C[C@H](C)O1. The van der Waals surface area contributed by atoms with Gasteiger partial charge in [-0.25, -0.2) is 4.72 Å². The van der Waals surface area contributed by atoms with Gasteiger partial charge < -0.3 is 9.64 Å². The number of likely N-dealkylation sites (N-methyl/N-ethyl adjacent to an activating group) is 1. The standard InChI is InChI=1S/C14H29N3O3S/c1-12-9-17(10-13(2)20-12)21(18,19)15-11-14(16(3)4)7-5-6-8-14/h12-13,15H,5-11H2,1-4H3/t12-,13+. The van der Waals surface area contributed by atoms with Crippen molar-refractivity contribution in [3.8, 4) is 0 Å². The average molecular weight is 319 g/mol. The molecule has 1 saturated heterocycles. The van der Waals surface area contributed by atoms with Gasteiger partial charge in [0.25, 0.3) is 10.2 Å². The van der Waals surface area contributed by atoms with Crippen molar-refractivity contribution in [3.63, 3.8) is 0 Å². The van der Waals surface area contributed by atoms with Gasteiger partial charge in [0.05, 0.1) is 12.2 Å². The predicted octanol–water partition coefficient (Wildman–Crippen LogP) is 0.804. The van der Waals surface area contributed by atoms with Crippen molar-refractivity contribution in [3.05, 3.63) is 0 Å². The van der Waals surface area contributed by atoms with E-state index in [0.717, 1.165) is 12.8 Å². The van der Waals surface area contributed by atoms with Crippen molar-refractivity contribution in [1.29, 1.82) is 0 Å². The summed E-state index contributed by atoms with van der Waals surface area (Å²) >= 11 is 0. The van der Waals surface area contributed by atoms with E-state index in [4.69, 9.17) is 4.74 Å². The zero-order chi connectivity index (χ0) is 15.7. The van der Waals surface area contributed by atoms with Crippen LogP contribution in [0.2, 0.25) is 0 Å². The van der Waals surface area contributed by atoms with Crippen LogP contribution in [0, 0.1) is 0 Å². The smallest absolute Gasteiger partial charge is 0.279 e. The van der Waals surface area contributed by atoms with Gasteiger partial charge in [0, 0.05) is 25.2 Å². The van der Waals surface area contributed by atoms with Crippen molar-refractivity contribution >= 4 is 10.2 Å². The molecule has 0 unspecified atom stereocenters. The van der Waals surface area contributed by atoms with Crippen LogP contribution >= 0.6 is 0 Å². The molecule has 0 aromatic rings. The van der Waals surface area contributed by atoms with Crippen molar-refractivity contribution in [1.82, 2.24) is 13.9 Å². The third-order valence-electron chi connectivity index (χ3n) is 4.79. The fraction of sp³-hybridized carbons (Fsp3) is 1.00. The second kappa shape index (κ2) is 6.50. The molecular formula is C14H29N3O3S. The molecule has 2 fully saturated rings. The molecule has 2 atom stereocenters. The largest absolute Gasteiger partial charge is 0.373 e. The lowest BCUT2D eigenvalue weighted by Gasteiger charge is -2.38. The highest BCUT2D eigenvalue weighted by atomic mass is 32.2. The van der Waals surface area contributed by atoms with E-state index >= 15 is 0 Å². The van der Waals surface area contributed by atoms with Crippen LogP contribution in [0.3, 0.4) is 0 Å². The Balaban J connectivity index is 2.00. The summed E-state index contributed by atoms with van der Waals surface area (Å²) in [5.41, 5.74) is -0.0312. The number of morpholine rings is 1. The second-order valence-corrected chi connectivity index (χ2v) is 8.48. The van der Waals surface area contributed by atoms with E-state index in [-0.39, 0.29) is 17.7 Å². The Kier molecular flexibility index (Phi) is 5.31. The van der Waals surface area contributed by atoms with Crippen LogP contribution in [-0.4, -0.2) is 69.1 Å². The lowest BCUT2D eigenvalue weighted by Crippen LogP contribution is -2.56. The van der Waals surface area contributed by atoms with Crippen LogP contribution < -0.4 is 4.72 Å². The van der Waals surface area contributed by atoms with E-state index in [1.54, 1.807) is 0 Å². The molecule has 0 radical (unpaired) electrons. The fourth-order valence-electron chi connectivity index (χ4n) is 3.46. The number of nitrogens with zero attached hydrogens (tertiary/aromatic N) is 2. The van der Waals surface area contributed by atoms with Gasteiger partial charge in [-0.3, -0.25) is 0 Å². The zero-order valence-electron chi connectivity index (χ0n) is 13.6. The molecule has 6 nitrogen and oxygen atoms in total. The lowest BCUT2D eigenvalue weighted by atomic mass is 9.97.